The Balaban J connectivity index is 1.37. The van der Waals surface area contributed by atoms with Crippen molar-refractivity contribution < 1.29 is 0 Å². The molecule has 0 unspecified atom stereocenters. The van der Waals surface area contributed by atoms with Crippen LogP contribution in [-0.2, 0) is 5.21 Å². The van der Waals surface area contributed by atoms with E-state index in [0.717, 1.165) is 43.9 Å². The van der Waals surface area contributed by atoms with Gasteiger partial charge >= 0.3 is 0 Å². The van der Waals surface area contributed by atoms with Gasteiger partial charge in [0.1, 0.15) is 5.82 Å². The molecule has 8 heteroatoms. The van der Waals surface area contributed by atoms with Gasteiger partial charge < -0.3 is 0 Å². The molecule has 0 atom stereocenters. The number of hydrogen-bond donors (Lipinski definition) is 0. The maximum Gasteiger partial charge on any atom is 0.101 e. The summed E-state index contributed by atoms with van der Waals surface area (Å²) in [5.74, 6) is 0.259. The fraction of sp³-hybridized carbons (Fsp3) is 0.0488. The number of rotatable bonds is 5. The van der Waals surface area contributed by atoms with E-state index in [1.165, 1.54) is 31.3 Å². The van der Waals surface area contributed by atoms with Crippen LogP contribution in [0.25, 0.3) is 80.7 Å². The molecule has 0 aliphatic carbocycles. The van der Waals surface area contributed by atoms with Crippen LogP contribution in [0.3, 0.4) is 0 Å². The number of para-hydroxylation sites is 3. The van der Waals surface area contributed by atoms with Gasteiger partial charge in [0.15, 0.2) is 0 Å². The zero-order chi connectivity index (χ0) is 33.5. The van der Waals surface area contributed by atoms with E-state index in [1.54, 1.807) is 0 Å². The maximum absolute atomic E-state index is 6.66. The van der Waals surface area contributed by atoms with E-state index < -0.39 is 10.3 Å². The van der Waals surface area contributed by atoms with Gasteiger partial charge in [0, 0.05) is 25.7 Å². The Bertz CT molecular complexity index is 2700. The Hall–Kier alpha value is -4.93. The van der Waals surface area contributed by atoms with Crippen molar-refractivity contribution in [2.45, 2.75) is 10.3 Å². The SMILES string of the molecule is [B]C([B])([B])C([B])([B])c1nc2ccccc2n1-c1ccccc1-c1c2ccccc2c(-c2ccc3sc4ccccc4c3c2)c2ccccc12. The second-order valence-corrected chi connectivity index (χ2v) is 13.8. The smallest absolute Gasteiger partial charge is 0.101 e. The topological polar surface area (TPSA) is 17.8 Å². The lowest BCUT2D eigenvalue weighted by molar-refractivity contribution is 0.757. The molecule has 0 N–H and O–H groups in total. The molecule has 218 valence electrons. The van der Waals surface area contributed by atoms with E-state index in [9.17, 15) is 0 Å². The highest BCUT2D eigenvalue weighted by molar-refractivity contribution is 7.25. The highest BCUT2D eigenvalue weighted by atomic mass is 32.1. The molecule has 0 fully saturated rings. The van der Waals surface area contributed by atoms with E-state index in [-0.39, 0.29) is 5.82 Å². The molecule has 2 aromatic heterocycles. The molecule has 0 aliphatic rings. The zero-order valence-corrected chi connectivity index (χ0v) is 27.3. The second kappa shape index (κ2) is 11.0. The Morgan fingerprint density at radius 1 is 0.510 bits per heavy atom. The van der Waals surface area contributed by atoms with Gasteiger partial charge in [-0.05, 0) is 74.6 Å². The maximum atomic E-state index is 6.66. The first kappa shape index (κ1) is 30.2. The zero-order valence-electron chi connectivity index (χ0n) is 26.5. The van der Waals surface area contributed by atoms with Crippen molar-refractivity contribution in [2.24, 2.45) is 0 Å². The predicted octanol–water partition coefficient (Wildman–Crippen LogP) is 9.10. The second-order valence-electron chi connectivity index (χ2n) is 12.7. The van der Waals surface area contributed by atoms with Gasteiger partial charge in [-0.2, -0.15) is 0 Å². The van der Waals surface area contributed by atoms with Crippen LogP contribution in [-0.4, -0.2) is 48.8 Å². The Morgan fingerprint density at radius 3 is 1.76 bits per heavy atom. The molecule has 0 aliphatic heterocycles. The summed E-state index contributed by atoms with van der Waals surface area (Å²) in [5, 5.41) is 3.23. The lowest BCUT2D eigenvalue weighted by Crippen LogP contribution is -2.45. The van der Waals surface area contributed by atoms with Gasteiger partial charge in [0.2, 0.25) is 0 Å². The van der Waals surface area contributed by atoms with E-state index in [2.05, 4.69) is 97.1 Å². The van der Waals surface area contributed by atoms with Gasteiger partial charge in [-0.1, -0.05) is 108 Å². The van der Waals surface area contributed by atoms with Gasteiger partial charge in [0.05, 0.1) is 56.0 Å². The Kier molecular flexibility index (Phi) is 6.80. The van der Waals surface area contributed by atoms with Crippen LogP contribution in [0.1, 0.15) is 5.82 Å². The molecule has 10 radical (unpaired) electrons. The predicted molar refractivity (Wildman–Crippen MR) is 213 cm³/mol. The standard InChI is InChI=1S/C41H23B5N2S/c42-40(43,41(44,45)46)39-47-32-17-7-9-19-34(32)48(39)33-18-8-5-16-30(33)38-28-14-3-1-12-26(28)37(27-13-2-4-15-29(27)38)24-21-22-36-31(23-24)25-11-6-10-20-35(25)49-36/h1-23H. The first-order chi connectivity index (χ1) is 23.7. The third kappa shape index (κ3) is 4.57. The van der Waals surface area contributed by atoms with Gasteiger partial charge in [-0.3, -0.25) is 4.57 Å². The molecule has 0 spiro atoms. The normalized spacial score (nSPS) is 12.5. The minimum absolute atomic E-state index is 0.259. The lowest BCUT2D eigenvalue weighted by Gasteiger charge is -2.41. The van der Waals surface area contributed by atoms with Crippen molar-refractivity contribution in [2.75, 3.05) is 0 Å². The van der Waals surface area contributed by atoms with E-state index >= 15 is 0 Å². The van der Waals surface area contributed by atoms with Crippen molar-refractivity contribution >= 4 is 103 Å². The molecular weight excluding hydrogens is 607 g/mol. The average Bonchev–Trinajstić information content (AvgIpc) is 3.69. The van der Waals surface area contributed by atoms with Crippen LogP contribution in [0.5, 0.6) is 0 Å². The minimum atomic E-state index is -1.96. The molecule has 0 bridgehead atoms. The first-order valence-corrected chi connectivity index (χ1v) is 16.9. The highest BCUT2D eigenvalue weighted by Gasteiger charge is 2.37. The highest BCUT2D eigenvalue weighted by Crippen LogP contribution is 2.47. The summed E-state index contributed by atoms with van der Waals surface area (Å²) < 4.78 is 4.51. The first-order valence-electron chi connectivity index (χ1n) is 16.1. The molecule has 2 nitrogen and oxygen atoms in total. The van der Waals surface area contributed by atoms with Crippen molar-refractivity contribution in [3.8, 4) is 27.9 Å². The monoisotopic (exact) mass is 630 g/mol. The van der Waals surface area contributed by atoms with Gasteiger partial charge in [-0.15, -0.1) is 16.4 Å². The number of thiophene rings is 1. The molecule has 0 saturated carbocycles. The number of imidazole rings is 1. The number of aromatic nitrogens is 2. The Labute approximate surface area is 295 Å². The van der Waals surface area contributed by atoms with Crippen molar-refractivity contribution in [3.05, 3.63) is 145 Å². The van der Waals surface area contributed by atoms with Gasteiger partial charge in [-0.25, -0.2) is 4.98 Å². The van der Waals surface area contributed by atoms with Crippen molar-refractivity contribution in [3.63, 3.8) is 0 Å². The minimum Gasteiger partial charge on any atom is -0.296 e. The van der Waals surface area contributed by atoms with Crippen LogP contribution in [0.2, 0.25) is 5.11 Å². The van der Waals surface area contributed by atoms with Crippen LogP contribution in [0, 0.1) is 0 Å². The third-order valence-corrected chi connectivity index (χ3v) is 10.8. The molecule has 9 rings (SSSR count). The summed E-state index contributed by atoms with van der Waals surface area (Å²) in [7, 11) is 31.9. The molecule has 2 heterocycles. The van der Waals surface area contributed by atoms with E-state index in [4.69, 9.17) is 44.2 Å². The van der Waals surface area contributed by atoms with Crippen LogP contribution >= 0.6 is 11.3 Å². The van der Waals surface area contributed by atoms with Crippen LogP contribution in [0.4, 0.5) is 0 Å². The average molecular weight is 630 g/mol. The summed E-state index contributed by atoms with van der Waals surface area (Å²) >= 11 is 1.83. The molecular formula is C41H23B5N2S. The molecule has 9 aromatic rings. The molecule has 7 aromatic carbocycles. The fourth-order valence-corrected chi connectivity index (χ4v) is 8.32. The van der Waals surface area contributed by atoms with Crippen LogP contribution in [0.15, 0.2) is 140 Å². The third-order valence-electron chi connectivity index (χ3n) is 9.66. The summed E-state index contributed by atoms with van der Waals surface area (Å²) in [6.07, 6.45) is 0. The fourth-order valence-electron chi connectivity index (χ4n) is 7.23. The summed E-state index contributed by atoms with van der Waals surface area (Å²) in [4.78, 5) is 4.86. The molecule has 0 amide bonds. The van der Waals surface area contributed by atoms with Crippen LogP contribution < -0.4 is 0 Å². The number of hydrogen-bond acceptors (Lipinski definition) is 2. The summed E-state index contributed by atoms with van der Waals surface area (Å²) in [5.41, 5.74) is 6.74. The Morgan fingerprint density at radius 2 is 1.06 bits per heavy atom. The number of nitrogens with zero attached hydrogens (tertiary/aromatic N) is 2. The molecule has 49 heavy (non-hydrogen) atoms. The van der Waals surface area contributed by atoms with Gasteiger partial charge in [0.25, 0.3) is 0 Å². The van der Waals surface area contributed by atoms with Crippen molar-refractivity contribution in [1.29, 1.82) is 0 Å². The largest absolute Gasteiger partial charge is 0.296 e. The lowest BCUT2D eigenvalue weighted by atomic mass is 9.23. The summed E-state index contributed by atoms with van der Waals surface area (Å²) in [6.45, 7) is 0. The summed E-state index contributed by atoms with van der Waals surface area (Å²) in [6, 6.07) is 48.7. The van der Waals surface area contributed by atoms with E-state index in [0.29, 0.717) is 5.52 Å². The van der Waals surface area contributed by atoms with E-state index in [1.807, 2.05) is 58.4 Å². The molecule has 0 saturated heterocycles. The number of benzene rings is 7. The quantitative estimate of drug-likeness (QED) is 0.137. The number of fused-ring (bicyclic) bond motifs is 6. The van der Waals surface area contributed by atoms with Crippen molar-refractivity contribution in [1.82, 2.24) is 9.55 Å².